The van der Waals surface area contributed by atoms with Crippen LogP contribution in [0.4, 0.5) is 0 Å². The van der Waals surface area contributed by atoms with Gasteiger partial charge >= 0.3 is 5.97 Å². The molecule has 64 valence electrons. The summed E-state index contributed by atoms with van der Waals surface area (Å²) in [4.78, 5) is 10.6. The van der Waals surface area contributed by atoms with Gasteiger partial charge in [-0.25, -0.2) is 0 Å². The lowest BCUT2D eigenvalue weighted by Gasteiger charge is -2.29. The molecule has 1 saturated heterocycles. The van der Waals surface area contributed by atoms with Crippen LogP contribution in [0.3, 0.4) is 0 Å². The van der Waals surface area contributed by atoms with Crippen LogP contribution in [0.15, 0.2) is 0 Å². The zero-order valence-corrected chi connectivity index (χ0v) is 5.80. The predicted molar refractivity (Wildman–Crippen MR) is 33.6 cm³/mol. The Kier molecular flexibility index (Phi) is 2.43. The molecule has 11 heavy (non-hydrogen) atoms. The van der Waals surface area contributed by atoms with Gasteiger partial charge in [0.25, 0.3) is 0 Å². The van der Waals surface area contributed by atoms with Crippen molar-refractivity contribution in [3.05, 3.63) is 0 Å². The molecule has 3 N–H and O–H groups in total. The molecule has 0 radical (unpaired) electrons. The van der Waals surface area contributed by atoms with Crippen molar-refractivity contribution >= 4 is 5.97 Å². The molecule has 0 saturated carbocycles. The highest BCUT2D eigenvalue weighted by atomic mass is 16.6. The van der Waals surface area contributed by atoms with Crippen molar-refractivity contribution in [2.45, 2.75) is 24.7 Å². The minimum Gasteiger partial charge on any atom is -0.457 e. The molecule has 1 rings (SSSR count). The van der Waals surface area contributed by atoms with Gasteiger partial charge in [0, 0.05) is 0 Å². The first-order chi connectivity index (χ1) is 5.15. The average Bonchev–Trinajstić information content (AvgIpc) is 1.96. The van der Waals surface area contributed by atoms with E-state index in [-0.39, 0.29) is 6.42 Å². The van der Waals surface area contributed by atoms with E-state index < -0.39 is 30.9 Å². The molecule has 0 bridgehead atoms. The molecule has 5 nitrogen and oxygen atoms in total. The largest absolute Gasteiger partial charge is 0.457 e. The summed E-state index contributed by atoms with van der Waals surface area (Å²) in [6.07, 6.45) is -3.48. The van der Waals surface area contributed by atoms with E-state index in [0.29, 0.717) is 0 Å². The quantitative estimate of drug-likeness (QED) is 0.389. The molecular weight excluding hydrogens is 152 g/mol. The Labute approximate surface area is 63.2 Å². The maximum Gasteiger partial charge on any atom is 0.308 e. The summed E-state index contributed by atoms with van der Waals surface area (Å²) in [5.74, 6) is -0.596. The smallest absolute Gasteiger partial charge is 0.308 e. The predicted octanol–water partition coefficient (Wildman–Crippen LogP) is -1.98. The first-order valence-corrected chi connectivity index (χ1v) is 3.31. The highest BCUT2D eigenvalue weighted by Crippen LogP contribution is 2.14. The highest BCUT2D eigenvalue weighted by Gasteiger charge is 2.35. The molecule has 0 amide bonds. The van der Waals surface area contributed by atoms with Crippen LogP contribution in [0.2, 0.25) is 0 Å². The first kappa shape index (κ1) is 8.45. The maximum absolute atomic E-state index is 10.6. The van der Waals surface area contributed by atoms with Gasteiger partial charge < -0.3 is 20.1 Å². The van der Waals surface area contributed by atoms with E-state index in [0.717, 1.165) is 0 Å². The van der Waals surface area contributed by atoms with Crippen molar-refractivity contribution in [3.63, 3.8) is 0 Å². The lowest BCUT2D eigenvalue weighted by atomic mass is 10.0. The minimum atomic E-state index is -1.17. The van der Waals surface area contributed by atoms with Crippen LogP contribution in [0.1, 0.15) is 6.42 Å². The molecule has 0 unspecified atom stereocenters. The second-order valence-electron chi connectivity index (χ2n) is 2.47. The molecule has 0 aromatic carbocycles. The van der Waals surface area contributed by atoms with Crippen molar-refractivity contribution in [2.24, 2.45) is 0 Å². The van der Waals surface area contributed by atoms with E-state index in [1.165, 1.54) is 0 Å². The second kappa shape index (κ2) is 3.17. The van der Waals surface area contributed by atoms with Gasteiger partial charge in [-0.15, -0.1) is 0 Å². The van der Waals surface area contributed by atoms with Crippen LogP contribution in [0.5, 0.6) is 0 Å². The SMILES string of the molecule is O=C1C[C@@H](O)[C@@H](O)[C@@H](CO)O1. The van der Waals surface area contributed by atoms with E-state index in [4.69, 9.17) is 15.3 Å². The fraction of sp³-hybridized carbons (Fsp3) is 0.833. The minimum absolute atomic E-state index is 0.211. The third-order valence-corrected chi connectivity index (χ3v) is 1.61. The lowest BCUT2D eigenvalue weighted by molar-refractivity contribution is -0.182. The summed E-state index contributed by atoms with van der Waals surface area (Å²) in [5.41, 5.74) is 0. The van der Waals surface area contributed by atoms with Gasteiger partial charge in [-0.1, -0.05) is 0 Å². The molecule has 3 atom stereocenters. The monoisotopic (exact) mass is 162 g/mol. The van der Waals surface area contributed by atoms with Crippen molar-refractivity contribution < 1.29 is 24.9 Å². The third kappa shape index (κ3) is 1.68. The molecule has 0 spiro atoms. The molecule has 0 aliphatic carbocycles. The summed E-state index contributed by atoms with van der Waals surface area (Å²) < 4.78 is 4.52. The lowest BCUT2D eigenvalue weighted by Crippen LogP contribution is -2.48. The maximum atomic E-state index is 10.6. The standard InChI is InChI=1S/C6H10O5/c7-2-4-6(10)3(8)1-5(9)11-4/h3-4,6-8,10H,1-2H2/t3-,4-,6-/m1/s1. The molecule has 5 heteroatoms. The van der Waals surface area contributed by atoms with Gasteiger partial charge in [0.15, 0.2) is 6.10 Å². The molecular formula is C6H10O5. The van der Waals surface area contributed by atoms with Crippen molar-refractivity contribution in [1.82, 2.24) is 0 Å². The summed E-state index contributed by atoms with van der Waals surface area (Å²) in [5, 5.41) is 26.6. The Morgan fingerprint density at radius 3 is 2.73 bits per heavy atom. The second-order valence-corrected chi connectivity index (χ2v) is 2.47. The highest BCUT2D eigenvalue weighted by molar-refractivity contribution is 5.71. The summed E-state index contributed by atoms with van der Waals surface area (Å²) in [6.45, 7) is -0.468. The number of carbonyl (C=O) groups is 1. The van der Waals surface area contributed by atoms with Crippen LogP contribution in [0, 0.1) is 0 Å². The van der Waals surface area contributed by atoms with Gasteiger partial charge in [0.2, 0.25) is 0 Å². The van der Waals surface area contributed by atoms with Crippen LogP contribution in [-0.2, 0) is 9.53 Å². The molecule has 1 aliphatic rings. The third-order valence-electron chi connectivity index (χ3n) is 1.61. The number of ether oxygens (including phenoxy) is 1. The Morgan fingerprint density at radius 2 is 2.18 bits per heavy atom. The van der Waals surface area contributed by atoms with Gasteiger partial charge in [-0.3, -0.25) is 4.79 Å². The molecule has 0 aromatic heterocycles. The number of rotatable bonds is 1. The number of aliphatic hydroxyl groups excluding tert-OH is 3. The number of aliphatic hydroxyl groups is 3. The Balaban J connectivity index is 2.58. The molecule has 1 heterocycles. The molecule has 1 aliphatic heterocycles. The van der Waals surface area contributed by atoms with Crippen LogP contribution < -0.4 is 0 Å². The van der Waals surface area contributed by atoms with Crippen LogP contribution in [-0.4, -0.2) is 46.2 Å². The van der Waals surface area contributed by atoms with Crippen molar-refractivity contribution in [1.29, 1.82) is 0 Å². The van der Waals surface area contributed by atoms with E-state index >= 15 is 0 Å². The number of hydrogen-bond donors (Lipinski definition) is 3. The van der Waals surface area contributed by atoms with E-state index in [2.05, 4.69) is 4.74 Å². The van der Waals surface area contributed by atoms with Crippen molar-refractivity contribution in [3.8, 4) is 0 Å². The Hall–Kier alpha value is -0.650. The van der Waals surface area contributed by atoms with Crippen molar-refractivity contribution in [2.75, 3.05) is 6.61 Å². The van der Waals surface area contributed by atoms with E-state index in [1.54, 1.807) is 0 Å². The van der Waals surface area contributed by atoms with Crippen LogP contribution >= 0.6 is 0 Å². The number of cyclic esters (lactones) is 1. The summed E-state index contributed by atoms with van der Waals surface area (Å²) >= 11 is 0. The number of hydrogen-bond acceptors (Lipinski definition) is 5. The Morgan fingerprint density at radius 1 is 1.55 bits per heavy atom. The summed E-state index contributed by atoms with van der Waals surface area (Å²) in [7, 11) is 0. The fourth-order valence-electron chi connectivity index (χ4n) is 0.971. The van der Waals surface area contributed by atoms with Gasteiger partial charge in [-0.05, 0) is 0 Å². The Bertz CT molecular complexity index is 157. The molecule has 1 fully saturated rings. The zero-order valence-electron chi connectivity index (χ0n) is 5.80. The van der Waals surface area contributed by atoms with Gasteiger partial charge in [-0.2, -0.15) is 0 Å². The zero-order chi connectivity index (χ0) is 8.43. The van der Waals surface area contributed by atoms with Crippen LogP contribution in [0.25, 0.3) is 0 Å². The topological polar surface area (TPSA) is 87.0 Å². The normalized spacial score (nSPS) is 38.5. The number of carbonyl (C=O) groups excluding carboxylic acids is 1. The fourth-order valence-corrected chi connectivity index (χ4v) is 0.971. The molecule has 0 aromatic rings. The number of esters is 1. The summed E-state index contributed by atoms with van der Waals surface area (Å²) in [6, 6.07) is 0. The average molecular weight is 162 g/mol. The van der Waals surface area contributed by atoms with Gasteiger partial charge in [0.1, 0.15) is 6.10 Å². The van der Waals surface area contributed by atoms with Gasteiger partial charge in [0.05, 0.1) is 19.1 Å². The van der Waals surface area contributed by atoms with E-state index in [9.17, 15) is 4.79 Å². The van der Waals surface area contributed by atoms with E-state index in [1.807, 2.05) is 0 Å². The first-order valence-electron chi connectivity index (χ1n) is 3.31.